The summed E-state index contributed by atoms with van der Waals surface area (Å²) in [6.45, 7) is 1.81. The van der Waals surface area contributed by atoms with Crippen LogP contribution in [0.5, 0.6) is 5.75 Å². The Hall–Kier alpha value is -2.53. The summed E-state index contributed by atoms with van der Waals surface area (Å²) in [4.78, 5) is 16.1. The van der Waals surface area contributed by atoms with Crippen molar-refractivity contribution in [3.05, 3.63) is 59.1 Å². The second-order valence-electron chi connectivity index (χ2n) is 5.19. The van der Waals surface area contributed by atoms with Gasteiger partial charge < -0.3 is 16.2 Å². The van der Waals surface area contributed by atoms with Crippen molar-refractivity contribution in [2.75, 3.05) is 0 Å². The topological polar surface area (TPSA) is 90.7 Å². The molecular formula is C17H18ClN3O2. The van der Waals surface area contributed by atoms with Gasteiger partial charge in [-0.2, -0.15) is 0 Å². The summed E-state index contributed by atoms with van der Waals surface area (Å²) in [5.41, 5.74) is 12.3. The molecule has 0 aliphatic heterocycles. The number of guanidine groups is 1. The molecule has 0 bridgehead atoms. The Balaban J connectivity index is 2.00. The zero-order valence-electron chi connectivity index (χ0n) is 12.7. The second kappa shape index (κ2) is 7.65. The lowest BCUT2D eigenvalue weighted by molar-refractivity contribution is -0.138. The number of carbonyl (C=O) groups excluding carboxylic acids is 1. The van der Waals surface area contributed by atoms with Crippen LogP contribution in [-0.2, 0) is 11.2 Å². The number of aliphatic imine (C=N–C) groups is 1. The van der Waals surface area contributed by atoms with Crippen LogP contribution in [0, 0.1) is 5.92 Å². The third-order valence-electron chi connectivity index (χ3n) is 3.15. The quantitative estimate of drug-likeness (QED) is 0.381. The Morgan fingerprint density at radius 1 is 1.22 bits per heavy atom. The normalized spacial score (nSPS) is 11.6. The highest BCUT2D eigenvalue weighted by atomic mass is 35.5. The highest BCUT2D eigenvalue weighted by Crippen LogP contribution is 2.20. The first kappa shape index (κ1) is 16.8. The molecule has 0 heterocycles. The molecule has 0 aliphatic carbocycles. The first-order valence-corrected chi connectivity index (χ1v) is 7.47. The molecule has 0 aliphatic rings. The highest BCUT2D eigenvalue weighted by Gasteiger charge is 2.16. The van der Waals surface area contributed by atoms with Crippen molar-refractivity contribution < 1.29 is 9.53 Å². The van der Waals surface area contributed by atoms with E-state index in [2.05, 4.69) is 4.99 Å². The Morgan fingerprint density at radius 3 is 2.57 bits per heavy atom. The van der Waals surface area contributed by atoms with E-state index in [9.17, 15) is 4.79 Å². The summed E-state index contributed by atoms with van der Waals surface area (Å²) in [5, 5.41) is 0.592. The minimum Gasteiger partial charge on any atom is -0.426 e. The summed E-state index contributed by atoms with van der Waals surface area (Å²) in [5.74, 6) is -0.141. The first-order chi connectivity index (χ1) is 10.9. The molecule has 23 heavy (non-hydrogen) atoms. The molecule has 0 spiro atoms. The van der Waals surface area contributed by atoms with Crippen LogP contribution in [0.15, 0.2) is 53.5 Å². The Labute approximate surface area is 139 Å². The molecule has 5 nitrogen and oxygen atoms in total. The molecule has 2 aromatic rings. The summed E-state index contributed by atoms with van der Waals surface area (Å²) in [7, 11) is 0. The summed E-state index contributed by atoms with van der Waals surface area (Å²) in [6.07, 6.45) is 0.528. The van der Waals surface area contributed by atoms with Crippen molar-refractivity contribution in [1.82, 2.24) is 0 Å². The standard InChI is InChI=1S/C17H18ClN3O2/c1-11(16(22)23-15-7-5-13(18)6-8-15)9-12-3-2-4-14(10-12)21-17(19)20/h2-8,10-11H,9H2,1H3,(H4,19,20,21). The fourth-order valence-corrected chi connectivity index (χ4v) is 2.18. The second-order valence-corrected chi connectivity index (χ2v) is 5.62. The number of benzene rings is 2. The Morgan fingerprint density at radius 2 is 1.91 bits per heavy atom. The van der Waals surface area contributed by atoms with Crippen molar-refractivity contribution in [2.24, 2.45) is 22.4 Å². The van der Waals surface area contributed by atoms with Crippen molar-refractivity contribution in [3.63, 3.8) is 0 Å². The molecule has 120 valence electrons. The number of nitrogens with two attached hydrogens (primary N) is 2. The van der Waals surface area contributed by atoms with Crippen LogP contribution >= 0.6 is 11.6 Å². The van der Waals surface area contributed by atoms with Crippen molar-refractivity contribution in [2.45, 2.75) is 13.3 Å². The van der Waals surface area contributed by atoms with E-state index in [4.69, 9.17) is 27.8 Å². The van der Waals surface area contributed by atoms with E-state index < -0.39 is 0 Å². The monoisotopic (exact) mass is 331 g/mol. The summed E-state index contributed by atoms with van der Waals surface area (Å²) < 4.78 is 5.33. The molecule has 2 rings (SSSR count). The molecule has 4 N–H and O–H groups in total. The molecule has 2 aromatic carbocycles. The van der Waals surface area contributed by atoms with Crippen LogP contribution in [-0.4, -0.2) is 11.9 Å². The number of carbonyl (C=O) groups is 1. The zero-order chi connectivity index (χ0) is 16.8. The molecule has 1 unspecified atom stereocenters. The lowest BCUT2D eigenvalue weighted by Crippen LogP contribution is -2.22. The van der Waals surface area contributed by atoms with E-state index >= 15 is 0 Å². The van der Waals surface area contributed by atoms with Crippen LogP contribution in [0.2, 0.25) is 5.02 Å². The molecule has 0 radical (unpaired) electrons. The lowest BCUT2D eigenvalue weighted by Gasteiger charge is -2.11. The van der Waals surface area contributed by atoms with E-state index in [1.165, 1.54) is 0 Å². The average Bonchev–Trinajstić information content (AvgIpc) is 2.49. The van der Waals surface area contributed by atoms with E-state index in [-0.39, 0.29) is 17.8 Å². The van der Waals surface area contributed by atoms with Crippen LogP contribution in [0.1, 0.15) is 12.5 Å². The van der Waals surface area contributed by atoms with E-state index in [1.54, 1.807) is 30.3 Å². The number of esters is 1. The molecule has 6 heteroatoms. The summed E-state index contributed by atoms with van der Waals surface area (Å²) in [6, 6.07) is 14.1. The van der Waals surface area contributed by atoms with E-state index in [0.717, 1.165) is 5.56 Å². The maximum Gasteiger partial charge on any atom is 0.314 e. The van der Waals surface area contributed by atoms with Gasteiger partial charge in [-0.05, 0) is 48.4 Å². The third kappa shape index (κ3) is 5.30. The third-order valence-corrected chi connectivity index (χ3v) is 3.40. The number of nitrogens with zero attached hydrogens (tertiary/aromatic N) is 1. The molecular weight excluding hydrogens is 314 g/mol. The van der Waals surface area contributed by atoms with Gasteiger partial charge in [0.15, 0.2) is 5.96 Å². The molecule has 0 amide bonds. The highest BCUT2D eigenvalue weighted by molar-refractivity contribution is 6.30. The van der Waals surface area contributed by atoms with Gasteiger partial charge in [-0.15, -0.1) is 0 Å². The van der Waals surface area contributed by atoms with E-state index in [1.807, 2.05) is 25.1 Å². The van der Waals surface area contributed by atoms with Crippen LogP contribution in [0.3, 0.4) is 0 Å². The Bertz CT molecular complexity index is 710. The van der Waals surface area contributed by atoms with Gasteiger partial charge in [0, 0.05) is 5.02 Å². The largest absolute Gasteiger partial charge is 0.426 e. The minimum absolute atomic E-state index is 0.00246. The van der Waals surface area contributed by atoms with E-state index in [0.29, 0.717) is 22.9 Å². The predicted octanol–water partition coefficient (Wildman–Crippen LogP) is 3.03. The van der Waals surface area contributed by atoms with Gasteiger partial charge in [0.1, 0.15) is 5.75 Å². The smallest absolute Gasteiger partial charge is 0.314 e. The number of halogens is 1. The maximum atomic E-state index is 12.1. The van der Waals surface area contributed by atoms with Crippen molar-refractivity contribution in [3.8, 4) is 5.75 Å². The van der Waals surface area contributed by atoms with Gasteiger partial charge >= 0.3 is 5.97 Å². The average molecular weight is 332 g/mol. The number of ether oxygens (including phenoxy) is 1. The molecule has 0 saturated carbocycles. The van der Waals surface area contributed by atoms with Crippen molar-refractivity contribution >= 4 is 29.2 Å². The van der Waals surface area contributed by atoms with Crippen molar-refractivity contribution in [1.29, 1.82) is 0 Å². The Kier molecular flexibility index (Phi) is 5.60. The van der Waals surface area contributed by atoms with Crippen LogP contribution in [0.4, 0.5) is 5.69 Å². The summed E-state index contributed by atoms with van der Waals surface area (Å²) >= 11 is 5.80. The number of rotatable bonds is 5. The van der Waals surface area contributed by atoms with Crippen LogP contribution < -0.4 is 16.2 Å². The van der Waals surface area contributed by atoms with Gasteiger partial charge in [-0.1, -0.05) is 30.7 Å². The fourth-order valence-electron chi connectivity index (χ4n) is 2.06. The van der Waals surface area contributed by atoms with Gasteiger partial charge in [-0.25, -0.2) is 4.99 Å². The zero-order valence-corrected chi connectivity index (χ0v) is 13.5. The fraction of sp³-hybridized carbons (Fsp3) is 0.176. The SMILES string of the molecule is CC(Cc1cccc(N=C(N)N)c1)C(=O)Oc1ccc(Cl)cc1. The number of hydrogen-bond acceptors (Lipinski definition) is 3. The van der Waals surface area contributed by atoms with Gasteiger partial charge in [0.05, 0.1) is 11.6 Å². The molecule has 0 fully saturated rings. The van der Waals surface area contributed by atoms with Gasteiger partial charge in [-0.3, -0.25) is 4.79 Å². The lowest BCUT2D eigenvalue weighted by atomic mass is 10.0. The van der Waals surface area contributed by atoms with Gasteiger partial charge in [0.25, 0.3) is 0 Å². The maximum absolute atomic E-state index is 12.1. The minimum atomic E-state index is -0.306. The van der Waals surface area contributed by atoms with Crippen LogP contribution in [0.25, 0.3) is 0 Å². The number of hydrogen-bond donors (Lipinski definition) is 2. The first-order valence-electron chi connectivity index (χ1n) is 7.10. The van der Waals surface area contributed by atoms with Gasteiger partial charge in [0.2, 0.25) is 0 Å². The molecule has 1 atom stereocenters. The molecule has 0 aromatic heterocycles. The molecule has 0 saturated heterocycles. The predicted molar refractivity (Wildman–Crippen MR) is 91.9 cm³/mol.